The minimum atomic E-state index is -0.666. The predicted octanol–water partition coefficient (Wildman–Crippen LogP) is 1.71. The predicted molar refractivity (Wildman–Crippen MR) is 46.5 cm³/mol. The Bertz CT molecular complexity index is 308. The molecule has 0 radical (unpaired) electrons. The van der Waals surface area contributed by atoms with Crippen molar-refractivity contribution < 1.29 is 13.6 Å². The highest BCUT2D eigenvalue weighted by Gasteiger charge is 2.07. The molecule has 1 aromatic rings. The van der Waals surface area contributed by atoms with Gasteiger partial charge in [0.1, 0.15) is 12.4 Å². The Morgan fingerprint density at radius 2 is 2.08 bits per heavy atom. The maximum absolute atomic E-state index is 10.6. The van der Waals surface area contributed by atoms with Crippen molar-refractivity contribution in [3.8, 4) is 0 Å². The van der Waals surface area contributed by atoms with Crippen LogP contribution in [0.4, 0.5) is 0 Å². The molecule has 4 heteroatoms. The quantitative estimate of drug-likeness (QED) is 0.718. The lowest BCUT2D eigenvalue weighted by Gasteiger charge is -2.03. The second kappa shape index (κ2) is 4.28. The molecule has 0 atom stereocenters. The molecule has 0 unspecified atom stereocenters. The number of hydrogen-bond donors (Lipinski definition) is 0. The van der Waals surface area contributed by atoms with Gasteiger partial charge in [0.05, 0.1) is 0 Å². The van der Waals surface area contributed by atoms with Gasteiger partial charge in [-0.1, -0.05) is 13.8 Å². The average Bonchev–Trinajstić information content (AvgIpc) is 2.29. The summed E-state index contributed by atoms with van der Waals surface area (Å²) >= 11 is 0. The highest BCUT2D eigenvalue weighted by molar-refractivity contribution is 4.98. The molecule has 0 aliphatic rings. The van der Waals surface area contributed by atoms with Gasteiger partial charge < -0.3 is 13.6 Å². The van der Waals surface area contributed by atoms with Crippen LogP contribution in [-0.4, -0.2) is 6.61 Å². The molecule has 0 fully saturated rings. The zero-order chi connectivity index (χ0) is 9.84. The third-order valence-electron chi connectivity index (χ3n) is 1.52. The smallest absolute Gasteiger partial charge is 0.396 e. The van der Waals surface area contributed by atoms with E-state index in [0.29, 0.717) is 30.7 Å². The van der Waals surface area contributed by atoms with Gasteiger partial charge in [0.25, 0.3) is 0 Å². The Balaban J connectivity index is 2.45. The van der Waals surface area contributed by atoms with Crippen molar-refractivity contribution in [1.29, 1.82) is 0 Å². The first-order valence-corrected chi connectivity index (χ1v) is 4.26. The van der Waals surface area contributed by atoms with E-state index in [1.807, 2.05) is 0 Å². The van der Waals surface area contributed by atoms with Gasteiger partial charge in [-0.25, -0.2) is 4.79 Å². The van der Waals surface area contributed by atoms with Gasteiger partial charge in [-0.15, -0.1) is 0 Å². The summed E-state index contributed by atoms with van der Waals surface area (Å²) in [6.07, 6.45) is 0. The molecule has 1 rings (SSSR count). The highest BCUT2D eigenvalue weighted by atomic mass is 16.6. The molecule has 74 valence electrons. The maximum Gasteiger partial charge on any atom is 0.519 e. The molecule has 0 saturated carbocycles. The lowest BCUT2D eigenvalue weighted by Crippen LogP contribution is -2.02. The fraction of sp³-hybridized carbons (Fsp3) is 0.667. The average molecular weight is 186 g/mol. The van der Waals surface area contributed by atoms with Crippen LogP contribution in [0.3, 0.4) is 0 Å². The van der Waals surface area contributed by atoms with Crippen molar-refractivity contribution in [2.24, 2.45) is 5.92 Å². The van der Waals surface area contributed by atoms with Gasteiger partial charge >= 0.3 is 5.82 Å². The van der Waals surface area contributed by atoms with E-state index in [1.54, 1.807) is 6.92 Å². The number of rotatable bonds is 4. The van der Waals surface area contributed by atoms with Gasteiger partial charge in [0.2, 0.25) is 0 Å². The minimum Gasteiger partial charge on any atom is -0.396 e. The van der Waals surface area contributed by atoms with E-state index in [4.69, 9.17) is 9.15 Å². The normalized spacial score (nSPS) is 11.1. The van der Waals surface area contributed by atoms with Crippen molar-refractivity contribution in [3.05, 3.63) is 22.1 Å². The number of hydrogen-bond acceptors (Lipinski definition) is 4. The summed E-state index contributed by atoms with van der Waals surface area (Å²) in [4.78, 5) is 10.6. The number of ether oxygens (including phenoxy) is 1. The van der Waals surface area contributed by atoms with Gasteiger partial charge in [-0.05, 0) is 12.8 Å². The fourth-order valence-electron chi connectivity index (χ4n) is 0.894. The Hall–Kier alpha value is -1.03. The molecule has 0 aromatic carbocycles. The molecule has 0 bridgehead atoms. The van der Waals surface area contributed by atoms with Gasteiger partial charge in [-0.3, -0.25) is 0 Å². The molecular weight excluding hydrogens is 172 g/mol. The molecule has 4 nitrogen and oxygen atoms in total. The fourth-order valence-corrected chi connectivity index (χ4v) is 0.894. The maximum atomic E-state index is 10.6. The van der Waals surface area contributed by atoms with Crippen molar-refractivity contribution in [3.63, 3.8) is 0 Å². The first-order valence-electron chi connectivity index (χ1n) is 4.26. The topological polar surface area (TPSA) is 52.6 Å². The van der Waals surface area contributed by atoms with Crippen LogP contribution in [0.15, 0.2) is 13.6 Å². The van der Waals surface area contributed by atoms with Crippen LogP contribution in [-0.2, 0) is 11.3 Å². The summed E-state index contributed by atoms with van der Waals surface area (Å²) < 4.78 is 14.7. The zero-order valence-corrected chi connectivity index (χ0v) is 8.12. The molecule has 0 aliphatic carbocycles. The Morgan fingerprint density at radius 3 is 2.54 bits per heavy atom. The van der Waals surface area contributed by atoms with Crippen LogP contribution in [0.2, 0.25) is 0 Å². The summed E-state index contributed by atoms with van der Waals surface area (Å²) in [5.41, 5.74) is 0. The monoisotopic (exact) mass is 186 g/mol. The van der Waals surface area contributed by atoms with E-state index in [0.717, 1.165) is 0 Å². The van der Waals surface area contributed by atoms with Gasteiger partial charge in [-0.2, -0.15) is 0 Å². The lowest BCUT2D eigenvalue weighted by molar-refractivity contribution is 0.0833. The Kier molecular flexibility index (Phi) is 3.31. The molecular formula is C9H14O4. The third kappa shape index (κ3) is 3.06. The first-order chi connectivity index (χ1) is 6.09. The van der Waals surface area contributed by atoms with Crippen LogP contribution < -0.4 is 5.82 Å². The van der Waals surface area contributed by atoms with Gasteiger partial charge in [0, 0.05) is 6.61 Å². The molecule has 0 spiro atoms. The molecule has 0 N–H and O–H groups in total. The van der Waals surface area contributed by atoms with E-state index in [9.17, 15) is 4.79 Å². The van der Waals surface area contributed by atoms with Crippen molar-refractivity contribution >= 4 is 0 Å². The lowest BCUT2D eigenvalue weighted by atomic mass is 10.2. The standard InChI is InChI=1S/C9H14O4/c1-6(2)4-11-5-8-7(3)12-9(10)13-8/h6H,4-5H2,1-3H3. The molecule has 1 heterocycles. The Labute approximate surface area is 76.5 Å². The highest BCUT2D eigenvalue weighted by Crippen LogP contribution is 2.07. The van der Waals surface area contributed by atoms with Crippen molar-refractivity contribution in [2.45, 2.75) is 27.4 Å². The molecule has 0 amide bonds. The minimum absolute atomic E-state index is 0.301. The van der Waals surface area contributed by atoms with Crippen LogP contribution >= 0.6 is 0 Å². The van der Waals surface area contributed by atoms with Crippen molar-refractivity contribution in [2.75, 3.05) is 6.61 Å². The molecule has 0 saturated heterocycles. The van der Waals surface area contributed by atoms with E-state index < -0.39 is 5.82 Å². The second-order valence-corrected chi connectivity index (χ2v) is 3.34. The molecule has 13 heavy (non-hydrogen) atoms. The number of aryl methyl sites for hydroxylation is 1. The Morgan fingerprint density at radius 1 is 1.38 bits per heavy atom. The second-order valence-electron chi connectivity index (χ2n) is 3.34. The van der Waals surface area contributed by atoms with Crippen LogP contribution in [0.1, 0.15) is 25.4 Å². The van der Waals surface area contributed by atoms with Crippen LogP contribution in [0.5, 0.6) is 0 Å². The third-order valence-corrected chi connectivity index (χ3v) is 1.52. The largest absolute Gasteiger partial charge is 0.519 e. The van der Waals surface area contributed by atoms with Gasteiger partial charge in [0.15, 0.2) is 5.76 Å². The summed E-state index contributed by atoms with van der Waals surface area (Å²) in [5.74, 6) is 0.777. The van der Waals surface area contributed by atoms with E-state index in [-0.39, 0.29) is 0 Å². The van der Waals surface area contributed by atoms with E-state index >= 15 is 0 Å². The SMILES string of the molecule is Cc1oc(=O)oc1COCC(C)C. The summed E-state index contributed by atoms with van der Waals surface area (Å²) in [6, 6.07) is 0. The molecule has 1 aromatic heterocycles. The summed E-state index contributed by atoms with van der Waals surface area (Å²) in [6.45, 7) is 6.74. The van der Waals surface area contributed by atoms with E-state index in [1.165, 1.54) is 0 Å². The van der Waals surface area contributed by atoms with E-state index in [2.05, 4.69) is 18.3 Å². The molecule has 0 aliphatic heterocycles. The van der Waals surface area contributed by atoms with Crippen molar-refractivity contribution in [1.82, 2.24) is 0 Å². The van der Waals surface area contributed by atoms with Crippen LogP contribution in [0, 0.1) is 12.8 Å². The first kappa shape index (κ1) is 10.1. The summed E-state index contributed by atoms with van der Waals surface area (Å²) in [5, 5.41) is 0. The zero-order valence-electron chi connectivity index (χ0n) is 8.12. The summed E-state index contributed by atoms with van der Waals surface area (Å²) in [7, 11) is 0. The van der Waals surface area contributed by atoms with Crippen LogP contribution in [0.25, 0.3) is 0 Å².